The van der Waals surface area contributed by atoms with Gasteiger partial charge in [0.2, 0.25) is 0 Å². The van der Waals surface area contributed by atoms with Gasteiger partial charge in [-0.1, -0.05) is 18.2 Å². The van der Waals surface area contributed by atoms with Crippen LogP contribution in [0, 0.1) is 24.0 Å². The Balaban J connectivity index is 2.08. The van der Waals surface area contributed by atoms with Gasteiger partial charge in [-0.05, 0) is 42.7 Å². The Morgan fingerprint density at radius 1 is 1.05 bits per heavy atom. The Morgan fingerprint density at radius 2 is 1.63 bits per heavy atom. The number of ether oxygens (including phenoxy) is 1. The van der Waals surface area contributed by atoms with Crippen molar-refractivity contribution in [2.75, 3.05) is 0 Å². The second-order valence-electron chi connectivity index (χ2n) is 4.43. The lowest BCUT2D eigenvalue weighted by atomic mass is 10.1. The van der Waals surface area contributed by atoms with E-state index >= 15 is 0 Å². The van der Waals surface area contributed by atoms with E-state index in [0.717, 1.165) is 22.4 Å². The van der Waals surface area contributed by atoms with Crippen molar-refractivity contribution in [3.63, 3.8) is 0 Å². The molecule has 0 aliphatic rings. The second-order valence-corrected chi connectivity index (χ2v) is 4.43. The van der Waals surface area contributed by atoms with Gasteiger partial charge in [-0.3, -0.25) is 10.1 Å². The number of nitrogens with zero attached hydrogens (tertiary/aromatic N) is 1. The van der Waals surface area contributed by atoms with Crippen LogP contribution < -0.4 is 4.74 Å². The summed E-state index contributed by atoms with van der Waals surface area (Å²) in [5, 5.41) is 10.6. The molecular formula is C15H15NO3. The normalized spacial score (nSPS) is 10.2. The van der Waals surface area contributed by atoms with Crippen LogP contribution in [-0.4, -0.2) is 4.92 Å². The topological polar surface area (TPSA) is 52.4 Å². The third-order valence-electron chi connectivity index (χ3n) is 2.94. The van der Waals surface area contributed by atoms with Crippen molar-refractivity contribution in [2.45, 2.75) is 20.5 Å². The molecule has 4 heteroatoms. The molecule has 2 rings (SSSR count). The quantitative estimate of drug-likeness (QED) is 0.618. The van der Waals surface area contributed by atoms with Gasteiger partial charge in [0.25, 0.3) is 5.69 Å². The lowest BCUT2D eigenvalue weighted by molar-refractivity contribution is -0.384. The molecule has 19 heavy (non-hydrogen) atoms. The maximum Gasteiger partial charge on any atom is 0.269 e. The highest BCUT2D eigenvalue weighted by Gasteiger charge is 2.06. The van der Waals surface area contributed by atoms with E-state index in [-0.39, 0.29) is 5.69 Å². The van der Waals surface area contributed by atoms with Crippen molar-refractivity contribution >= 4 is 5.69 Å². The zero-order chi connectivity index (χ0) is 13.8. The summed E-state index contributed by atoms with van der Waals surface area (Å²) >= 11 is 0. The molecule has 0 saturated heterocycles. The van der Waals surface area contributed by atoms with Crippen LogP contribution in [0.25, 0.3) is 0 Å². The summed E-state index contributed by atoms with van der Waals surface area (Å²) < 4.78 is 5.78. The number of nitro groups is 1. The minimum Gasteiger partial charge on any atom is -0.488 e. The molecule has 0 fully saturated rings. The highest BCUT2D eigenvalue weighted by atomic mass is 16.6. The largest absolute Gasteiger partial charge is 0.488 e. The zero-order valence-electron chi connectivity index (χ0n) is 10.9. The van der Waals surface area contributed by atoms with Crippen LogP contribution in [0.3, 0.4) is 0 Å². The number of non-ortho nitro benzene ring substituents is 1. The van der Waals surface area contributed by atoms with Gasteiger partial charge in [-0.25, -0.2) is 0 Å². The third-order valence-corrected chi connectivity index (χ3v) is 2.94. The number of aryl methyl sites for hydroxylation is 2. The van der Waals surface area contributed by atoms with Crippen molar-refractivity contribution in [1.29, 1.82) is 0 Å². The minimum atomic E-state index is -0.407. The van der Waals surface area contributed by atoms with Gasteiger partial charge in [-0.15, -0.1) is 0 Å². The Labute approximate surface area is 111 Å². The second kappa shape index (κ2) is 5.52. The molecule has 98 valence electrons. The van der Waals surface area contributed by atoms with E-state index in [1.807, 2.05) is 32.0 Å². The summed E-state index contributed by atoms with van der Waals surface area (Å²) in [5.74, 6) is 0.876. The average Bonchev–Trinajstić information content (AvgIpc) is 2.38. The number of hydrogen-bond acceptors (Lipinski definition) is 3. The van der Waals surface area contributed by atoms with Gasteiger partial charge < -0.3 is 4.74 Å². The molecule has 2 aromatic rings. The molecule has 0 radical (unpaired) electrons. The summed E-state index contributed by atoms with van der Waals surface area (Å²) in [6.07, 6.45) is 0. The smallest absolute Gasteiger partial charge is 0.269 e. The van der Waals surface area contributed by atoms with Crippen LogP contribution in [0.5, 0.6) is 5.75 Å². The first-order valence-electron chi connectivity index (χ1n) is 6.00. The van der Waals surface area contributed by atoms with Crippen LogP contribution in [0.15, 0.2) is 42.5 Å². The van der Waals surface area contributed by atoms with Gasteiger partial charge in [0.1, 0.15) is 12.4 Å². The Morgan fingerprint density at radius 3 is 2.16 bits per heavy atom. The average molecular weight is 257 g/mol. The lowest BCUT2D eigenvalue weighted by Gasteiger charge is -2.11. The van der Waals surface area contributed by atoms with E-state index < -0.39 is 4.92 Å². The van der Waals surface area contributed by atoms with Crippen molar-refractivity contribution in [2.24, 2.45) is 0 Å². The van der Waals surface area contributed by atoms with Crippen molar-refractivity contribution in [3.8, 4) is 5.75 Å². The van der Waals surface area contributed by atoms with Crippen LogP contribution in [0.4, 0.5) is 5.69 Å². The van der Waals surface area contributed by atoms with Crippen LogP contribution in [0.2, 0.25) is 0 Å². The van der Waals surface area contributed by atoms with Crippen LogP contribution >= 0.6 is 0 Å². The molecule has 2 aromatic carbocycles. The minimum absolute atomic E-state index is 0.0934. The molecular weight excluding hydrogens is 242 g/mol. The maximum absolute atomic E-state index is 10.6. The number of benzene rings is 2. The summed E-state index contributed by atoms with van der Waals surface area (Å²) in [6.45, 7) is 4.40. The summed E-state index contributed by atoms with van der Waals surface area (Å²) in [6, 6.07) is 12.4. The highest BCUT2D eigenvalue weighted by molar-refractivity contribution is 5.40. The van der Waals surface area contributed by atoms with E-state index in [4.69, 9.17) is 4.74 Å². The van der Waals surface area contributed by atoms with E-state index in [2.05, 4.69) is 0 Å². The van der Waals surface area contributed by atoms with Gasteiger partial charge in [0.15, 0.2) is 0 Å². The molecule has 0 N–H and O–H groups in total. The molecule has 0 saturated carbocycles. The molecule has 0 atom stereocenters. The summed E-state index contributed by atoms with van der Waals surface area (Å²) in [4.78, 5) is 10.1. The zero-order valence-corrected chi connectivity index (χ0v) is 10.9. The number of hydrogen-bond donors (Lipinski definition) is 0. The van der Waals surface area contributed by atoms with Crippen LogP contribution in [0.1, 0.15) is 16.7 Å². The van der Waals surface area contributed by atoms with E-state index in [1.54, 1.807) is 12.1 Å². The Bertz CT molecular complexity index is 571. The first-order valence-corrected chi connectivity index (χ1v) is 6.00. The van der Waals surface area contributed by atoms with E-state index in [0.29, 0.717) is 6.61 Å². The Hall–Kier alpha value is -2.36. The molecule has 0 unspecified atom stereocenters. The summed E-state index contributed by atoms with van der Waals surface area (Å²) in [7, 11) is 0. The number of para-hydroxylation sites is 1. The third kappa shape index (κ3) is 3.10. The molecule has 0 aliphatic carbocycles. The molecule has 0 amide bonds. The SMILES string of the molecule is Cc1cccc(C)c1OCc1ccc([N+](=O)[O-])cc1. The maximum atomic E-state index is 10.6. The molecule has 0 aliphatic heterocycles. The summed E-state index contributed by atoms with van der Waals surface area (Å²) in [5.41, 5.74) is 3.17. The van der Waals surface area contributed by atoms with Crippen LogP contribution in [-0.2, 0) is 6.61 Å². The fourth-order valence-electron chi connectivity index (χ4n) is 1.90. The molecule has 0 bridgehead atoms. The van der Waals surface area contributed by atoms with Gasteiger partial charge in [0, 0.05) is 12.1 Å². The van der Waals surface area contributed by atoms with Gasteiger partial charge in [-0.2, -0.15) is 0 Å². The predicted molar refractivity (Wildman–Crippen MR) is 73.3 cm³/mol. The lowest BCUT2D eigenvalue weighted by Crippen LogP contribution is -1.99. The molecule has 4 nitrogen and oxygen atoms in total. The van der Waals surface area contributed by atoms with Gasteiger partial charge >= 0.3 is 0 Å². The first kappa shape index (κ1) is 13.1. The fourth-order valence-corrected chi connectivity index (χ4v) is 1.90. The van der Waals surface area contributed by atoms with Gasteiger partial charge in [0.05, 0.1) is 4.92 Å². The number of rotatable bonds is 4. The Kier molecular flexibility index (Phi) is 3.80. The monoisotopic (exact) mass is 257 g/mol. The van der Waals surface area contributed by atoms with E-state index in [9.17, 15) is 10.1 Å². The van der Waals surface area contributed by atoms with Crippen molar-refractivity contribution in [1.82, 2.24) is 0 Å². The first-order chi connectivity index (χ1) is 9.08. The molecule has 0 aromatic heterocycles. The molecule has 0 heterocycles. The molecule has 0 spiro atoms. The highest BCUT2D eigenvalue weighted by Crippen LogP contribution is 2.23. The predicted octanol–water partition coefficient (Wildman–Crippen LogP) is 3.79. The van der Waals surface area contributed by atoms with Crippen molar-refractivity contribution in [3.05, 3.63) is 69.3 Å². The fraction of sp³-hybridized carbons (Fsp3) is 0.200. The standard InChI is InChI=1S/C15H15NO3/c1-11-4-3-5-12(2)15(11)19-10-13-6-8-14(9-7-13)16(17)18/h3-9H,10H2,1-2H3. The number of nitro benzene ring substituents is 1. The van der Waals surface area contributed by atoms with E-state index in [1.165, 1.54) is 12.1 Å². The van der Waals surface area contributed by atoms with Crippen molar-refractivity contribution < 1.29 is 9.66 Å².